The van der Waals surface area contributed by atoms with E-state index in [4.69, 9.17) is 9.47 Å². The van der Waals surface area contributed by atoms with Crippen LogP contribution in [0.1, 0.15) is 232 Å². The zero-order chi connectivity index (χ0) is 48.7. The summed E-state index contributed by atoms with van der Waals surface area (Å²) in [6, 6.07) is -0.820. The molecule has 9 heteroatoms. The third-order valence-corrected chi connectivity index (χ3v) is 12.8. The molecule has 0 bridgehead atoms. The van der Waals surface area contributed by atoms with Crippen molar-refractivity contribution in [2.75, 3.05) is 13.2 Å². The lowest BCUT2D eigenvalue weighted by Gasteiger charge is -2.40. The number of allylic oxidation sites excluding steroid dienone is 11. The molecule has 1 aliphatic rings. The second-order valence-corrected chi connectivity index (χ2v) is 19.0. The molecule has 7 unspecified atom stereocenters. The van der Waals surface area contributed by atoms with Crippen molar-refractivity contribution in [1.82, 2.24) is 5.32 Å². The topological polar surface area (TPSA) is 149 Å². The molecule has 0 saturated carbocycles. The van der Waals surface area contributed by atoms with E-state index >= 15 is 0 Å². The molecule has 1 heterocycles. The maximum absolute atomic E-state index is 13.0. The Morgan fingerprint density at radius 3 is 1.43 bits per heavy atom. The summed E-state index contributed by atoms with van der Waals surface area (Å²) in [7, 11) is 0. The zero-order valence-electron chi connectivity index (χ0n) is 42.9. The molecular formula is C58H103NO8. The van der Waals surface area contributed by atoms with Gasteiger partial charge >= 0.3 is 0 Å². The van der Waals surface area contributed by atoms with Gasteiger partial charge in [-0.05, 0) is 70.6 Å². The highest BCUT2D eigenvalue weighted by atomic mass is 16.7. The number of carbonyl (C=O) groups is 1. The summed E-state index contributed by atoms with van der Waals surface area (Å²) in [5, 5.41) is 54.1. The fraction of sp³-hybridized carbons (Fsp3) is 0.776. The van der Waals surface area contributed by atoms with Crippen molar-refractivity contribution in [1.29, 1.82) is 0 Å². The van der Waals surface area contributed by atoms with Gasteiger partial charge in [-0.25, -0.2) is 0 Å². The van der Waals surface area contributed by atoms with E-state index < -0.39 is 49.5 Å². The Bertz CT molecular complexity index is 1280. The zero-order valence-corrected chi connectivity index (χ0v) is 42.9. The van der Waals surface area contributed by atoms with Crippen molar-refractivity contribution >= 4 is 5.91 Å². The van der Waals surface area contributed by atoms with Crippen molar-refractivity contribution in [3.05, 3.63) is 72.9 Å². The molecule has 0 aliphatic carbocycles. The van der Waals surface area contributed by atoms with Gasteiger partial charge in [0.1, 0.15) is 24.4 Å². The van der Waals surface area contributed by atoms with Crippen LogP contribution in [0.2, 0.25) is 0 Å². The Morgan fingerprint density at radius 2 is 0.940 bits per heavy atom. The molecule has 9 nitrogen and oxygen atoms in total. The summed E-state index contributed by atoms with van der Waals surface area (Å²) in [6.45, 7) is 3.59. The molecule has 1 saturated heterocycles. The highest BCUT2D eigenvalue weighted by Crippen LogP contribution is 2.23. The molecule has 1 rings (SSSR count). The van der Waals surface area contributed by atoms with Gasteiger partial charge in [-0.15, -0.1) is 0 Å². The SMILES string of the molecule is CC/C=C\C/C=C\C/C=C\C/C=C\CCCCCCCCCCCCCCCCCCCCCCCCC(=O)NC(COC1OC(CO)C(O)C(O)C1O)C(O)/C=C/CC/C=C/CCCCC. The summed E-state index contributed by atoms with van der Waals surface area (Å²) >= 11 is 0. The maximum Gasteiger partial charge on any atom is 0.220 e. The molecule has 1 amide bonds. The Kier molecular flexibility index (Phi) is 44.2. The van der Waals surface area contributed by atoms with Gasteiger partial charge in [0.15, 0.2) is 6.29 Å². The molecule has 0 aromatic heterocycles. The van der Waals surface area contributed by atoms with Crippen molar-refractivity contribution in [3.8, 4) is 0 Å². The molecule has 0 spiro atoms. The molecule has 7 atom stereocenters. The van der Waals surface area contributed by atoms with Crippen LogP contribution >= 0.6 is 0 Å². The lowest BCUT2D eigenvalue weighted by molar-refractivity contribution is -0.302. The average Bonchev–Trinajstić information content (AvgIpc) is 3.33. The van der Waals surface area contributed by atoms with Gasteiger partial charge in [-0.3, -0.25) is 4.79 Å². The number of hydrogen-bond acceptors (Lipinski definition) is 8. The second kappa shape index (κ2) is 47.3. The number of ether oxygens (including phenoxy) is 2. The van der Waals surface area contributed by atoms with E-state index in [0.29, 0.717) is 6.42 Å². The van der Waals surface area contributed by atoms with Gasteiger partial charge in [-0.2, -0.15) is 0 Å². The first-order valence-corrected chi connectivity index (χ1v) is 27.7. The van der Waals surface area contributed by atoms with E-state index in [0.717, 1.165) is 64.2 Å². The summed E-state index contributed by atoms with van der Waals surface area (Å²) in [5.41, 5.74) is 0. The maximum atomic E-state index is 13.0. The Morgan fingerprint density at radius 1 is 0.522 bits per heavy atom. The third-order valence-electron chi connectivity index (χ3n) is 12.8. The minimum Gasteiger partial charge on any atom is -0.394 e. The highest BCUT2D eigenvalue weighted by molar-refractivity contribution is 5.76. The van der Waals surface area contributed by atoms with Gasteiger partial charge in [-0.1, -0.05) is 228 Å². The van der Waals surface area contributed by atoms with Crippen molar-refractivity contribution in [2.24, 2.45) is 0 Å². The number of carbonyl (C=O) groups excluding carboxylic acids is 1. The van der Waals surface area contributed by atoms with Crippen LogP contribution in [0.5, 0.6) is 0 Å². The highest BCUT2D eigenvalue weighted by Gasteiger charge is 2.44. The molecule has 67 heavy (non-hydrogen) atoms. The van der Waals surface area contributed by atoms with Gasteiger partial charge in [0.05, 0.1) is 25.4 Å². The third kappa shape index (κ3) is 37.2. The first-order chi connectivity index (χ1) is 32.8. The molecule has 0 radical (unpaired) electrons. The molecule has 6 N–H and O–H groups in total. The Hall–Kier alpha value is -2.37. The van der Waals surface area contributed by atoms with E-state index in [2.05, 4.69) is 79.9 Å². The van der Waals surface area contributed by atoms with Crippen LogP contribution < -0.4 is 5.32 Å². The Labute approximate surface area is 410 Å². The van der Waals surface area contributed by atoms with E-state index in [1.165, 1.54) is 148 Å². The molecule has 1 aliphatic heterocycles. The normalized spacial score (nSPS) is 20.3. The second-order valence-electron chi connectivity index (χ2n) is 19.0. The smallest absolute Gasteiger partial charge is 0.220 e. The van der Waals surface area contributed by atoms with E-state index in [-0.39, 0.29) is 12.5 Å². The van der Waals surface area contributed by atoms with Crippen LogP contribution in [0.3, 0.4) is 0 Å². The molecular weight excluding hydrogens is 839 g/mol. The van der Waals surface area contributed by atoms with Gasteiger partial charge < -0.3 is 40.3 Å². The number of amides is 1. The molecule has 0 aromatic carbocycles. The summed E-state index contributed by atoms with van der Waals surface area (Å²) in [4.78, 5) is 13.0. The van der Waals surface area contributed by atoms with E-state index in [9.17, 15) is 30.3 Å². The Balaban J connectivity index is 2.05. The lowest BCUT2D eigenvalue weighted by Crippen LogP contribution is -2.60. The fourth-order valence-corrected chi connectivity index (χ4v) is 8.40. The van der Waals surface area contributed by atoms with Crippen LogP contribution in [0.25, 0.3) is 0 Å². The number of aliphatic hydroxyl groups excluding tert-OH is 5. The molecule has 0 aromatic rings. The number of aliphatic hydroxyl groups is 5. The van der Waals surface area contributed by atoms with Crippen LogP contribution in [0, 0.1) is 0 Å². The first kappa shape index (κ1) is 62.6. The summed E-state index contributed by atoms with van der Waals surface area (Å²) in [6.07, 6.45) is 58.6. The number of hydrogen-bond donors (Lipinski definition) is 6. The quantitative estimate of drug-likeness (QED) is 0.0261. The minimum absolute atomic E-state index is 0.189. The summed E-state index contributed by atoms with van der Waals surface area (Å²) in [5.74, 6) is -0.189. The van der Waals surface area contributed by atoms with Gasteiger partial charge in [0.2, 0.25) is 5.91 Å². The predicted octanol–water partition coefficient (Wildman–Crippen LogP) is 13.3. The largest absolute Gasteiger partial charge is 0.394 e. The number of unbranched alkanes of at least 4 members (excludes halogenated alkanes) is 26. The van der Waals surface area contributed by atoms with Crippen LogP contribution in [0.4, 0.5) is 0 Å². The molecule has 388 valence electrons. The summed E-state index contributed by atoms with van der Waals surface area (Å²) < 4.78 is 11.2. The monoisotopic (exact) mass is 942 g/mol. The van der Waals surface area contributed by atoms with Crippen LogP contribution in [-0.4, -0.2) is 87.5 Å². The number of nitrogens with one attached hydrogen (secondary N) is 1. The van der Waals surface area contributed by atoms with E-state index in [1.807, 2.05) is 6.08 Å². The van der Waals surface area contributed by atoms with E-state index in [1.54, 1.807) is 6.08 Å². The van der Waals surface area contributed by atoms with Gasteiger partial charge in [0.25, 0.3) is 0 Å². The number of rotatable bonds is 46. The predicted molar refractivity (Wildman–Crippen MR) is 281 cm³/mol. The average molecular weight is 942 g/mol. The van der Waals surface area contributed by atoms with Gasteiger partial charge in [0, 0.05) is 6.42 Å². The van der Waals surface area contributed by atoms with Crippen molar-refractivity contribution < 1.29 is 39.8 Å². The minimum atomic E-state index is -1.57. The fourth-order valence-electron chi connectivity index (χ4n) is 8.40. The van der Waals surface area contributed by atoms with Crippen LogP contribution in [-0.2, 0) is 14.3 Å². The molecule has 1 fully saturated rings. The standard InChI is InChI=1S/C58H103NO8/c1-3-5-7-9-11-13-14-15-16-17-18-19-20-21-22-23-24-25-26-27-28-29-30-31-32-33-34-35-36-37-38-40-42-44-46-48-54(62)59-51(52(61)47-45-43-41-39-12-10-8-6-4-2)50-66-58-57(65)56(64)55(63)53(49-60)67-58/h5,7,11-13,15-16,18-19,39,45,47,51-53,55-58,60-61,63-65H,3-4,6,8-10,14,17,20-38,40-44,46,48-50H2,1-2H3,(H,59,62)/b7-5-,13-11-,16-15-,19-18-,39-12+,47-45+. The van der Waals surface area contributed by atoms with Crippen molar-refractivity contribution in [3.63, 3.8) is 0 Å². The first-order valence-electron chi connectivity index (χ1n) is 27.7. The lowest BCUT2D eigenvalue weighted by atomic mass is 9.99. The van der Waals surface area contributed by atoms with Crippen molar-refractivity contribution in [2.45, 2.75) is 275 Å². The van der Waals surface area contributed by atoms with Crippen LogP contribution in [0.15, 0.2) is 72.9 Å².